The highest BCUT2D eigenvalue weighted by molar-refractivity contribution is 5.74. The number of carbonyl (C=O) groups excluding carboxylic acids is 1. The van der Waals surface area contributed by atoms with Crippen molar-refractivity contribution in [3.8, 4) is 0 Å². The number of rotatable bonds is 6. The van der Waals surface area contributed by atoms with E-state index in [4.69, 9.17) is 9.15 Å². The summed E-state index contributed by atoms with van der Waals surface area (Å²) >= 11 is 0. The Morgan fingerprint density at radius 2 is 2.42 bits per heavy atom. The Bertz CT molecular complexity index is 555. The summed E-state index contributed by atoms with van der Waals surface area (Å²) in [5.74, 6) is 0.522. The minimum absolute atomic E-state index is 0.0754. The highest BCUT2D eigenvalue weighted by atomic mass is 16.5. The molecule has 6 heteroatoms. The Balaban J connectivity index is 1.50. The lowest BCUT2D eigenvalue weighted by atomic mass is 10.1. The smallest absolute Gasteiger partial charge is 0.317 e. The van der Waals surface area contributed by atoms with Crippen molar-refractivity contribution in [3.63, 3.8) is 0 Å². The molecule has 2 amide bonds. The van der Waals surface area contributed by atoms with Gasteiger partial charge >= 0.3 is 6.03 Å². The molecule has 2 unspecified atom stereocenters. The zero-order chi connectivity index (χ0) is 16.8. The summed E-state index contributed by atoms with van der Waals surface area (Å²) in [4.78, 5) is 14.3. The molecule has 0 aromatic carbocycles. The van der Waals surface area contributed by atoms with Gasteiger partial charge in [-0.25, -0.2) is 4.79 Å². The highest BCUT2D eigenvalue weighted by Crippen LogP contribution is 2.23. The SMILES string of the molecule is O=C(NCCC1=CCCC1)N1CCOCC1CC(O)c1ccco1. The van der Waals surface area contributed by atoms with Gasteiger partial charge in [-0.3, -0.25) is 0 Å². The number of furan rings is 1. The van der Waals surface area contributed by atoms with Gasteiger partial charge in [-0.1, -0.05) is 11.6 Å². The van der Waals surface area contributed by atoms with Crippen molar-refractivity contribution in [1.82, 2.24) is 10.2 Å². The molecule has 0 saturated carbocycles. The van der Waals surface area contributed by atoms with Gasteiger partial charge < -0.3 is 24.5 Å². The predicted octanol–water partition coefficient (Wildman–Crippen LogP) is 2.61. The lowest BCUT2D eigenvalue weighted by Crippen LogP contribution is -2.53. The van der Waals surface area contributed by atoms with Crippen molar-refractivity contribution < 1.29 is 19.1 Å². The van der Waals surface area contributed by atoms with E-state index in [-0.39, 0.29) is 12.1 Å². The van der Waals surface area contributed by atoms with Crippen LogP contribution in [0.2, 0.25) is 0 Å². The van der Waals surface area contributed by atoms with E-state index in [1.165, 1.54) is 24.7 Å². The van der Waals surface area contributed by atoms with E-state index in [0.29, 0.717) is 38.5 Å². The Hall–Kier alpha value is -1.79. The van der Waals surface area contributed by atoms with Gasteiger partial charge in [0, 0.05) is 19.5 Å². The van der Waals surface area contributed by atoms with E-state index in [1.54, 1.807) is 17.0 Å². The molecule has 0 spiro atoms. The molecule has 2 heterocycles. The largest absolute Gasteiger partial charge is 0.467 e. The van der Waals surface area contributed by atoms with E-state index in [0.717, 1.165) is 12.8 Å². The monoisotopic (exact) mass is 334 g/mol. The van der Waals surface area contributed by atoms with E-state index in [9.17, 15) is 9.90 Å². The molecule has 2 atom stereocenters. The summed E-state index contributed by atoms with van der Waals surface area (Å²) in [6.45, 7) is 2.18. The van der Waals surface area contributed by atoms with Crippen LogP contribution in [0.15, 0.2) is 34.5 Å². The first-order chi connectivity index (χ1) is 11.7. The number of amides is 2. The lowest BCUT2D eigenvalue weighted by molar-refractivity contribution is -0.00962. The van der Waals surface area contributed by atoms with Crippen LogP contribution < -0.4 is 5.32 Å². The molecular formula is C18H26N2O4. The number of aliphatic hydroxyl groups is 1. The van der Waals surface area contributed by atoms with Crippen LogP contribution in [0.1, 0.15) is 44.0 Å². The summed E-state index contributed by atoms with van der Waals surface area (Å²) in [5.41, 5.74) is 1.45. The van der Waals surface area contributed by atoms with Crippen LogP contribution in [-0.4, -0.2) is 48.4 Å². The van der Waals surface area contributed by atoms with Gasteiger partial charge in [0.15, 0.2) is 0 Å². The van der Waals surface area contributed by atoms with Gasteiger partial charge in [0.2, 0.25) is 0 Å². The second-order valence-electron chi connectivity index (χ2n) is 6.43. The quantitative estimate of drug-likeness (QED) is 0.784. The van der Waals surface area contributed by atoms with Crippen molar-refractivity contribution in [2.45, 2.75) is 44.2 Å². The van der Waals surface area contributed by atoms with E-state index in [1.807, 2.05) is 0 Å². The van der Waals surface area contributed by atoms with Crippen LogP contribution in [0, 0.1) is 0 Å². The topological polar surface area (TPSA) is 74.9 Å². The fraction of sp³-hybridized carbons (Fsp3) is 0.611. The third-order valence-corrected chi connectivity index (χ3v) is 4.71. The summed E-state index contributed by atoms with van der Waals surface area (Å²) in [7, 11) is 0. The van der Waals surface area contributed by atoms with Crippen molar-refractivity contribution >= 4 is 6.03 Å². The number of nitrogens with one attached hydrogen (secondary N) is 1. The molecule has 1 aliphatic heterocycles. The lowest BCUT2D eigenvalue weighted by Gasteiger charge is -2.36. The Morgan fingerprint density at radius 3 is 3.17 bits per heavy atom. The molecule has 1 aromatic rings. The number of carbonyl (C=O) groups is 1. The normalized spacial score (nSPS) is 22.3. The second kappa shape index (κ2) is 8.35. The number of hydrogen-bond donors (Lipinski definition) is 2. The zero-order valence-electron chi connectivity index (χ0n) is 13.9. The summed E-state index contributed by atoms with van der Waals surface area (Å²) in [6.07, 6.45) is 7.99. The van der Waals surface area contributed by atoms with Crippen LogP contribution in [-0.2, 0) is 4.74 Å². The van der Waals surface area contributed by atoms with Gasteiger partial charge in [0.1, 0.15) is 11.9 Å². The van der Waals surface area contributed by atoms with Crippen LogP contribution in [0.25, 0.3) is 0 Å². The van der Waals surface area contributed by atoms with Gasteiger partial charge in [-0.2, -0.15) is 0 Å². The molecule has 3 rings (SSSR count). The number of allylic oxidation sites excluding steroid dienone is 1. The maximum absolute atomic E-state index is 12.5. The molecular weight excluding hydrogens is 308 g/mol. The van der Waals surface area contributed by atoms with Crippen LogP contribution in [0.3, 0.4) is 0 Å². The standard InChI is InChI=1S/C18H26N2O4/c21-16(17-6-3-10-24-17)12-15-13-23-11-9-20(15)18(22)19-8-7-14-4-1-2-5-14/h3-4,6,10,15-16,21H,1-2,5,7-9,11-13H2,(H,19,22). The fourth-order valence-corrected chi connectivity index (χ4v) is 3.37. The maximum atomic E-state index is 12.5. The Kier molecular flexibility index (Phi) is 5.93. The molecule has 1 saturated heterocycles. The molecule has 24 heavy (non-hydrogen) atoms. The molecule has 0 bridgehead atoms. The Morgan fingerprint density at radius 1 is 1.50 bits per heavy atom. The van der Waals surface area contributed by atoms with E-state index >= 15 is 0 Å². The fourth-order valence-electron chi connectivity index (χ4n) is 3.37. The molecule has 0 radical (unpaired) electrons. The van der Waals surface area contributed by atoms with Crippen LogP contribution >= 0.6 is 0 Å². The summed E-state index contributed by atoms with van der Waals surface area (Å²) in [5, 5.41) is 13.3. The van der Waals surface area contributed by atoms with Gasteiger partial charge in [0.25, 0.3) is 0 Å². The summed E-state index contributed by atoms with van der Waals surface area (Å²) in [6, 6.07) is 3.27. The van der Waals surface area contributed by atoms with Crippen molar-refractivity contribution in [1.29, 1.82) is 0 Å². The van der Waals surface area contributed by atoms with Crippen LogP contribution in [0.4, 0.5) is 4.79 Å². The predicted molar refractivity (Wildman–Crippen MR) is 89.5 cm³/mol. The number of morpholine rings is 1. The third-order valence-electron chi connectivity index (χ3n) is 4.71. The first-order valence-electron chi connectivity index (χ1n) is 8.75. The van der Waals surface area contributed by atoms with Crippen molar-refractivity contribution in [3.05, 3.63) is 35.8 Å². The maximum Gasteiger partial charge on any atom is 0.317 e. The molecule has 1 fully saturated rings. The molecule has 2 N–H and O–H groups in total. The number of aliphatic hydroxyl groups excluding tert-OH is 1. The number of nitrogens with zero attached hydrogens (tertiary/aromatic N) is 1. The molecule has 1 aliphatic carbocycles. The van der Waals surface area contributed by atoms with E-state index < -0.39 is 6.10 Å². The first kappa shape index (κ1) is 17.0. The number of ether oxygens (including phenoxy) is 1. The second-order valence-corrected chi connectivity index (χ2v) is 6.43. The summed E-state index contributed by atoms with van der Waals surface area (Å²) < 4.78 is 10.7. The molecule has 132 valence electrons. The minimum atomic E-state index is -0.731. The highest BCUT2D eigenvalue weighted by Gasteiger charge is 2.30. The minimum Gasteiger partial charge on any atom is -0.467 e. The average molecular weight is 334 g/mol. The van der Waals surface area contributed by atoms with Gasteiger partial charge in [0.05, 0.1) is 25.5 Å². The zero-order valence-corrected chi connectivity index (χ0v) is 13.9. The van der Waals surface area contributed by atoms with E-state index in [2.05, 4.69) is 11.4 Å². The van der Waals surface area contributed by atoms with Gasteiger partial charge in [-0.05, 0) is 37.8 Å². The Labute approximate surface area is 142 Å². The third kappa shape index (κ3) is 4.39. The molecule has 6 nitrogen and oxygen atoms in total. The van der Waals surface area contributed by atoms with Crippen molar-refractivity contribution in [2.24, 2.45) is 0 Å². The molecule has 2 aliphatic rings. The average Bonchev–Trinajstić information content (AvgIpc) is 3.29. The number of hydrogen-bond acceptors (Lipinski definition) is 4. The van der Waals surface area contributed by atoms with Crippen LogP contribution in [0.5, 0.6) is 0 Å². The number of urea groups is 1. The first-order valence-corrected chi connectivity index (χ1v) is 8.75. The van der Waals surface area contributed by atoms with Crippen molar-refractivity contribution in [2.75, 3.05) is 26.3 Å². The van der Waals surface area contributed by atoms with Gasteiger partial charge in [-0.15, -0.1) is 0 Å². The molecule has 1 aromatic heterocycles.